The van der Waals surface area contributed by atoms with Gasteiger partial charge in [-0.15, -0.1) is 0 Å². The molecule has 0 unspecified atom stereocenters. The van der Waals surface area contributed by atoms with E-state index < -0.39 is 10.0 Å². The molecule has 2 aliphatic heterocycles. The van der Waals surface area contributed by atoms with Crippen LogP contribution in [0.2, 0.25) is 5.02 Å². The number of nitrogens with one attached hydrogen (secondary N) is 2. The molecule has 3 aliphatic rings. The Balaban J connectivity index is 1.15. The number of hydrogen-bond acceptors (Lipinski definition) is 10. The van der Waals surface area contributed by atoms with Crippen molar-refractivity contribution in [3.63, 3.8) is 0 Å². The molecule has 6 rings (SSSR count). The number of likely N-dealkylation sites (N-methyl/N-ethyl adjacent to an activating group) is 1. The van der Waals surface area contributed by atoms with E-state index in [1.165, 1.54) is 16.8 Å². The molecule has 3 heterocycles. The third-order valence-corrected chi connectivity index (χ3v) is 10.2. The predicted molar refractivity (Wildman–Crippen MR) is 178 cm³/mol. The van der Waals surface area contributed by atoms with Crippen LogP contribution in [0.15, 0.2) is 48.7 Å². The largest absolute Gasteiger partial charge is 0.494 e. The molecule has 11 nitrogen and oxygen atoms in total. The van der Waals surface area contributed by atoms with Crippen LogP contribution in [0.3, 0.4) is 0 Å². The standard InChI is InChI=1S/C31H41ClN8O3S/c1-37-16-18-39(19-17-37)22-12-14-38(15-13-22)24-10-11-27(29(20-24)43-2)35-31-33-21-25(32)30(36-31)34-26-6-4-5-7-28(26)40(23-8-9-23)44(3,41)42/h4-7,10-11,20-23H,8-9,12-19H2,1-3H3,(H2,33,34,35,36). The normalized spacial score (nSPS) is 18.7. The Labute approximate surface area is 265 Å². The minimum Gasteiger partial charge on any atom is -0.494 e. The summed E-state index contributed by atoms with van der Waals surface area (Å²) in [6.07, 6.45) is 6.73. The number of methoxy groups -OCH3 is 1. The van der Waals surface area contributed by atoms with Gasteiger partial charge in [-0.1, -0.05) is 23.7 Å². The zero-order valence-electron chi connectivity index (χ0n) is 25.5. The SMILES string of the molecule is COc1cc(N2CCC(N3CCN(C)CC3)CC2)ccc1Nc1ncc(Cl)c(Nc2ccccc2N(C2CC2)S(C)(=O)=O)n1. The maximum absolute atomic E-state index is 12.6. The van der Waals surface area contributed by atoms with Gasteiger partial charge in [0, 0.05) is 63.1 Å². The Morgan fingerprint density at radius 1 is 0.955 bits per heavy atom. The molecular formula is C31H41ClN8O3S. The first-order valence-corrected chi connectivity index (χ1v) is 17.4. The minimum absolute atomic E-state index is 0.0372. The van der Waals surface area contributed by atoms with Crippen LogP contribution in [0, 0.1) is 0 Å². The van der Waals surface area contributed by atoms with E-state index in [1.807, 2.05) is 24.3 Å². The van der Waals surface area contributed by atoms with Gasteiger partial charge in [0.1, 0.15) is 10.8 Å². The van der Waals surface area contributed by atoms with E-state index in [1.54, 1.807) is 13.2 Å². The molecule has 3 aromatic rings. The molecule has 1 aliphatic carbocycles. The number of aromatic nitrogens is 2. The molecule has 2 aromatic carbocycles. The fraction of sp³-hybridized carbons (Fsp3) is 0.484. The molecule has 1 aromatic heterocycles. The third-order valence-electron chi connectivity index (χ3n) is 8.69. The smallest absolute Gasteiger partial charge is 0.232 e. The summed E-state index contributed by atoms with van der Waals surface area (Å²) in [5.74, 6) is 1.38. The molecule has 0 atom stereocenters. The number of anilines is 6. The summed E-state index contributed by atoms with van der Waals surface area (Å²) in [5.41, 5.74) is 3.02. The molecule has 3 fully saturated rings. The number of para-hydroxylation sites is 2. The lowest BCUT2D eigenvalue weighted by Crippen LogP contribution is -2.52. The molecule has 0 amide bonds. The monoisotopic (exact) mass is 640 g/mol. The summed E-state index contributed by atoms with van der Waals surface area (Å²) in [6, 6.07) is 14.0. The van der Waals surface area contributed by atoms with Crippen molar-refractivity contribution >= 4 is 56.1 Å². The fourth-order valence-corrected chi connectivity index (χ4v) is 7.55. The van der Waals surface area contributed by atoms with Gasteiger partial charge in [-0.3, -0.25) is 9.21 Å². The zero-order chi connectivity index (χ0) is 30.8. The second kappa shape index (κ2) is 13.0. The summed E-state index contributed by atoms with van der Waals surface area (Å²) >= 11 is 6.49. The molecule has 0 spiro atoms. The Hall–Kier alpha value is -3.32. The van der Waals surface area contributed by atoms with Gasteiger partial charge in [0.2, 0.25) is 16.0 Å². The lowest BCUT2D eigenvalue weighted by molar-refractivity contribution is 0.0982. The molecular weight excluding hydrogens is 600 g/mol. The highest BCUT2D eigenvalue weighted by molar-refractivity contribution is 7.92. The number of hydrogen-bond donors (Lipinski definition) is 2. The first kappa shape index (κ1) is 30.7. The molecule has 2 saturated heterocycles. The number of rotatable bonds is 10. The summed E-state index contributed by atoms with van der Waals surface area (Å²) in [5, 5.41) is 6.82. The van der Waals surface area contributed by atoms with Crippen molar-refractivity contribution in [3.8, 4) is 5.75 Å². The van der Waals surface area contributed by atoms with Crippen molar-refractivity contribution in [3.05, 3.63) is 53.7 Å². The van der Waals surface area contributed by atoms with Gasteiger partial charge in [0.05, 0.1) is 36.6 Å². The molecule has 0 radical (unpaired) electrons. The number of nitrogens with zero attached hydrogens (tertiary/aromatic N) is 6. The number of benzene rings is 2. The zero-order valence-corrected chi connectivity index (χ0v) is 27.1. The number of piperidine rings is 1. The van der Waals surface area contributed by atoms with Crippen LogP contribution in [-0.2, 0) is 10.0 Å². The van der Waals surface area contributed by atoms with Crippen LogP contribution in [0.5, 0.6) is 5.75 Å². The topological polar surface area (TPSA) is 106 Å². The second-order valence-corrected chi connectivity index (χ2v) is 14.2. The van der Waals surface area contributed by atoms with Crippen LogP contribution in [0.1, 0.15) is 25.7 Å². The van der Waals surface area contributed by atoms with Crippen LogP contribution in [0.4, 0.5) is 34.5 Å². The van der Waals surface area contributed by atoms with Crippen molar-refractivity contribution in [1.82, 2.24) is 19.8 Å². The van der Waals surface area contributed by atoms with E-state index in [0.29, 0.717) is 40.0 Å². The maximum Gasteiger partial charge on any atom is 0.232 e. The number of halogens is 1. The van der Waals surface area contributed by atoms with Gasteiger partial charge in [0.15, 0.2) is 5.82 Å². The van der Waals surface area contributed by atoms with E-state index in [-0.39, 0.29) is 6.04 Å². The molecule has 0 bridgehead atoms. The molecule has 1 saturated carbocycles. The molecule has 236 valence electrons. The predicted octanol–water partition coefficient (Wildman–Crippen LogP) is 4.77. The van der Waals surface area contributed by atoms with Crippen molar-refractivity contribution in [2.75, 3.05) is 79.5 Å². The molecule has 44 heavy (non-hydrogen) atoms. The van der Waals surface area contributed by atoms with Crippen LogP contribution in [-0.4, -0.2) is 100.0 Å². The van der Waals surface area contributed by atoms with E-state index in [9.17, 15) is 8.42 Å². The molecule has 13 heteroatoms. The number of ether oxygens (including phenoxy) is 1. The first-order chi connectivity index (χ1) is 21.2. The summed E-state index contributed by atoms with van der Waals surface area (Å²) in [7, 11) is 0.394. The number of sulfonamides is 1. The Morgan fingerprint density at radius 2 is 1.68 bits per heavy atom. The van der Waals surface area contributed by atoms with Gasteiger partial charge in [-0.2, -0.15) is 4.98 Å². The van der Waals surface area contributed by atoms with Crippen LogP contribution >= 0.6 is 11.6 Å². The van der Waals surface area contributed by atoms with Gasteiger partial charge in [-0.25, -0.2) is 13.4 Å². The first-order valence-electron chi connectivity index (χ1n) is 15.2. The van der Waals surface area contributed by atoms with Gasteiger partial charge in [0.25, 0.3) is 0 Å². The Kier molecular flexibility index (Phi) is 9.04. The Bertz CT molecular complexity index is 1570. The Morgan fingerprint density at radius 3 is 2.36 bits per heavy atom. The lowest BCUT2D eigenvalue weighted by Gasteiger charge is -2.42. The van der Waals surface area contributed by atoms with Gasteiger partial charge < -0.3 is 25.2 Å². The second-order valence-electron chi connectivity index (χ2n) is 11.9. The van der Waals surface area contributed by atoms with Crippen LogP contribution < -0.4 is 24.6 Å². The van der Waals surface area contributed by atoms with Crippen molar-refractivity contribution < 1.29 is 13.2 Å². The lowest BCUT2D eigenvalue weighted by atomic mass is 10.0. The van der Waals surface area contributed by atoms with Crippen molar-refractivity contribution in [2.24, 2.45) is 0 Å². The quantitative estimate of drug-likeness (QED) is 0.322. The summed E-state index contributed by atoms with van der Waals surface area (Å²) in [4.78, 5) is 16.5. The fourth-order valence-electron chi connectivity index (χ4n) is 6.15. The highest BCUT2D eigenvalue weighted by atomic mass is 35.5. The average Bonchev–Trinajstić information content (AvgIpc) is 3.85. The summed E-state index contributed by atoms with van der Waals surface area (Å²) < 4.78 is 32.5. The van der Waals surface area contributed by atoms with E-state index in [4.69, 9.17) is 16.3 Å². The highest BCUT2D eigenvalue weighted by Crippen LogP contribution is 2.39. The molecule has 2 N–H and O–H groups in total. The van der Waals surface area contributed by atoms with Gasteiger partial charge >= 0.3 is 0 Å². The summed E-state index contributed by atoms with van der Waals surface area (Å²) in [6.45, 7) is 6.64. The van der Waals surface area contributed by atoms with Crippen molar-refractivity contribution in [2.45, 2.75) is 37.8 Å². The maximum atomic E-state index is 12.6. The van der Waals surface area contributed by atoms with E-state index in [2.05, 4.69) is 54.5 Å². The van der Waals surface area contributed by atoms with E-state index >= 15 is 0 Å². The minimum atomic E-state index is -3.46. The van der Waals surface area contributed by atoms with Gasteiger partial charge in [-0.05, 0) is 57.0 Å². The van der Waals surface area contributed by atoms with Crippen LogP contribution in [0.25, 0.3) is 0 Å². The van der Waals surface area contributed by atoms with Crippen molar-refractivity contribution in [1.29, 1.82) is 0 Å². The third kappa shape index (κ3) is 6.98. The number of piperazine rings is 1. The van der Waals surface area contributed by atoms with E-state index in [0.717, 1.165) is 76.3 Å². The average molecular weight is 641 g/mol. The highest BCUT2D eigenvalue weighted by Gasteiger charge is 2.36.